The van der Waals surface area contributed by atoms with Crippen molar-refractivity contribution in [1.29, 1.82) is 0 Å². The fourth-order valence-corrected chi connectivity index (χ4v) is 4.82. The van der Waals surface area contributed by atoms with E-state index in [0.29, 0.717) is 28.8 Å². The van der Waals surface area contributed by atoms with E-state index in [1.807, 2.05) is 6.07 Å². The van der Waals surface area contributed by atoms with E-state index in [1.54, 1.807) is 30.0 Å². The summed E-state index contributed by atoms with van der Waals surface area (Å²) in [6, 6.07) is 5.52. The zero-order valence-electron chi connectivity index (χ0n) is 19.3. The van der Waals surface area contributed by atoms with E-state index in [9.17, 15) is 4.79 Å². The van der Waals surface area contributed by atoms with Gasteiger partial charge in [0.05, 0.1) is 30.6 Å². The van der Waals surface area contributed by atoms with Crippen molar-refractivity contribution in [3.63, 3.8) is 0 Å². The highest BCUT2D eigenvalue weighted by molar-refractivity contribution is 6.05. The number of carbonyl (C=O) groups excluding carboxylic acids is 1. The van der Waals surface area contributed by atoms with Crippen LogP contribution in [0.2, 0.25) is 0 Å². The lowest BCUT2D eigenvalue weighted by Crippen LogP contribution is -2.40. The molecular formula is C24H30N6O4. The second kappa shape index (κ2) is 9.94. The van der Waals surface area contributed by atoms with Crippen LogP contribution in [0.5, 0.6) is 5.88 Å². The Morgan fingerprint density at radius 2 is 1.88 bits per heavy atom. The van der Waals surface area contributed by atoms with E-state index in [1.165, 1.54) is 6.33 Å². The van der Waals surface area contributed by atoms with Crippen molar-refractivity contribution in [2.24, 2.45) is 0 Å². The molecule has 1 saturated carbocycles. The van der Waals surface area contributed by atoms with Crippen molar-refractivity contribution in [2.45, 2.75) is 56.8 Å². The van der Waals surface area contributed by atoms with Crippen LogP contribution in [0.1, 0.15) is 48.9 Å². The lowest BCUT2D eigenvalue weighted by Gasteiger charge is -2.33. The molecule has 34 heavy (non-hydrogen) atoms. The number of fused-ring (bicyclic) bond motifs is 1. The van der Waals surface area contributed by atoms with Gasteiger partial charge in [-0.1, -0.05) is 0 Å². The fraction of sp³-hybridized carbons (Fsp3) is 0.500. The van der Waals surface area contributed by atoms with Gasteiger partial charge in [-0.25, -0.2) is 14.5 Å². The number of nitrogen functional groups attached to an aromatic ring is 1. The van der Waals surface area contributed by atoms with E-state index in [0.717, 1.165) is 57.3 Å². The number of pyridine rings is 1. The van der Waals surface area contributed by atoms with Crippen LogP contribution in [0.3, 0.4) is 0 Å². The Balaban J connectivity index is 1.31. The molecule has 3 aromatic heterocycles. The molecule has 10 nitrogen and oxygen atoms in total. The molecule has 0 bridgehead atoms. The van der Waals surface area contributed by atoms with Gasteiger partial charge in [0.25, 0.3) is 5.91 Å². The molecule has 10 heteroatoms. The number of anilines is 1. The molecule has 180 valence electrons. The van der Waals surface area contributed by atoms with Crippen LogP contribution >= 0.6 is 0 Å². The highest BCUT2D eigenvalue weighted by Crippen LogP contribution is 2.30. The van der Waals surface area contributed by atoms with Gasteiger partial charge in [-0.15, -0.1) is 0 Å². The van der Waals surface area contributed by atoms with Gasteiger partial charge in [0, 0.05) is 37.1 Å². The normalized spacial score (nSPS) is 21.4. The van der Waals surface area contributed by atoms with E-state index in [-0.39, 0.29) is 23.9 Å². The Kier molecular flexibility index (Phi) is 6.59. The minimum absolute atomic E-state index is 0.0901. The van der Waals surface area contributed by atoms with Crippen molar-refractivity contribution >= 4 is 17.2 Å². The number of methoxy groups -OCH3 is 1. The van der Waals surface area contributed by atoms with Gasteiger partial charge in [0.15, 0.2) is 5.82 Å². The van der Waals surface area contributed by atoms with Gasteiger partial charge in [-0.05, 0) is 50.7 Å². The molecule has 1 aliphatic carbocycles. The maximum atomic E-state index is 13.3. The molecule has 2 fully saturated rings. The zero-order chi connectivity index (χ0) is 23.5. The minimum Gasteiger partial charge on any atom is -0.481 e. The van der Waals surface area contributed by atoms with Gasteiger partial charge >= 0.3 is 0 Å². The smallest absolute Gasteiger partial charge is 0.253 e. The molecule has 0 atom stereocenters. The van der Waals surface area contributed by atoms with Crippen LogP contribution in [0.25, 0.3) is 16.8 Å². The van der Waals surface area contributed by atoms with Crippen molar-refractivity contribution in [3.8, 4) is 17.1 Å². The number of carbonyl (C=O) groups is 1. The first kappa shape index (κ1) is 22.5. The van der Waals surface area contributed by atoms with Crippen molar-refractivity contribution in [2.75, 3.05) is 26.1 Å². The molecular weight excluding hydrogens is 436 g/mol. The number of amides is 1. The quantitative estimate of drug-likeness (QED) is 0.568. The Labute approximate surface area is 197 Å². The summed E-state index contributed by atoms with van der Waals surface area (Å²) >= 11 is 0. The Morgan fingerprint density at radius 1 is 1.12 bits per heavy atom. The predicted molar refractivity (Wildman–Crippen MR) is 126 cm³/mol. The largest absolute Gasteiger partial charge is 0.481 e. The molecule has 0 spiro atoms. The number of nitrogens with zero attached hydrogens (tertiary/aromatic N) is 4. The fourth-order valence-electron chi connectivity index (χ4n) is 4.82. The lowest BCUT2D eigenvalue weighted by atomic mass is 9.92. The molecule has 0 unspecified atom stereocenters. The summed E-state index contributed by atoms with van der Waals surface area (Å²) in [6.07, 6.45) is 9.15. The molecule has 0 aromatic carbocycles. The molecule has 1 amide bonds. The van der Waals surface area contributed by atoms with Crippen LogP contribution in [0, 0.1) is 0 Å². The second-order valence-electron chi connectivity index (χ2n) is 8.83. The highest BCUT2D eigenvalue weighted by atomic mass is 16.5. The van der Waals surface area contributed by atoms with Crippen LogP contribution in [0.4, 0.5) is 5.82 Å². The van der Waals surface area contributed by atoms with Crippen LogP contribution in [0.15, 0.2) is 30.7 Å². The predicted octanol–water partition coefficient (Wildman–Crippen LogP) is 2.62. The maximum absolute atomic E-state index is 13.3. The SMILES string of the molecule is COc1cc(-c2cc(C(=O)N[C@H]3CC[C@H](OC4CCOCC4)CC3)c3c(N)ncnn23)ccn1. The van der Waals surface area contributed by atoms with Gasteiger partial charge in [-0.2, -0.15) is 5.10 Å². The van der Waals surface area contributed by atoms with Crippen molar-refractivity contribution in [3.05, 3.63) is 36.3 Å². The summed E-state index contributed by atoms with van der Waals surface area (Å²) in [5, 5.41) is 7.54. The number of nitrogens with two attached hydrogens (primary N) is 1. The summed E-state index contributed by atoms with van der Waals surface area (Å²) < 4.78 is 18.6. The Morgan fingerprint density at radius 3 is 2.65 bits per heavy atom. The Bertz CT molecular complexity index is 1150. The van der Waals surface area contributed by atoms with Gasteiger partial charge in [0.2, 0.25) is 5.88 Å². The third-order valence-corrected chi connectivity index (χ3v) is 6.63. The number of aromatic nitrogens is 4. The first-order chi connectivity index (χ1) is 16.6. The molecule has 3 N–H and O–H groups in total. The third-order valence-electron chi connectivity index (χ3n) is 6.63. The van der Waals surface area contributed by atoms with Gasteiger partial charge in [-0.3, -0.25) is 4.79 Å². The molecule has 0 radical (unpaired) electrons. The molecule has 4 heterocycles. The molecule has 3 aromatic rings. The summed E-state index contributed by atoms with van der Waals surface area (Å²) in [5.74, 6) is 0.543. The standard InChI is InChI=1S/C24H30N6O4/c1-32-21-12-15(6-9-26-21)20-13-19(22-23(25)27-14-28-30(20)22)24(31)29-16-2-4-17(5-3-16)34-18-7-10-33-11-8-18/h6,9,12-14,16-18H,2-5,7-8,10-11H2,1H3,(H,29,31)(H2,25,27,28)/t16-,17-. The summed E-state index contributed by atoms with van der Waals surface area (Å²) in [6.45, 7) is 1.56. The minimum atomic E-state index is -0.180. The third kappa shape index (κ3) is 4.69. The summed E-state index contributed by atoms with van der Waals surface area (Å²) in [7, 11) is 1.56. The molecule has 5 rings (SSSR count). The second-order valence-corrected chi connectivity index (χ2v) is 8.83. The highest BCUT2D eigenvalue weighted by Gasteiger charge is 2.28. The number of hydrogen-bond donors (Lipinski definition) is 2. The van der Waals surface area contributed by atoms with Crippen molar-refractivity contribution < 1.29 is 19.0 Å². The van der Waals surface area contributed by atoms with Gasteiger partial charge < -0.3 is 25.3 Å². The maximum Gasteiger partial charge on any atom is 0.253 e. The zero-order valence-corrected chi connectivity index (χ0v) is 19.3. The van der Waals surface area contributed by atoms with E-state index in [2.05, 4.69) is 20.4 Å². The molecule has 1 aliphatic heterocycles. The van der Waals surface area contributed by atoms with Crippen LogP contribution in [-0.4, -0.2) is 64.1 Å². The monoisotopic (exact) mass is 466 g/mol. The number of nitrogens with one attached hydrogen (secondary N) is 1. The van der Waals surface area contributed by atoms with E-state index >= 15 is 0 Å². The van der Waals surface area contributed by atoms with Crippen LogP contribution in [-0.2, 0) is 9.47 Å². The van der Waals surface area contributed by atoms with Crippen LogP contribution < -0.4 is 15.8 Å². The summed E-state index contributed by atoms with van der Waals surface area (Å²) in [5.41, 5.74) is 8.63. The van der Waals surface area contributed by atoms with Crippen molar-refractivity contribution in [1.82, 2.24) is 24.9 Å². The molecule has 1 saturated heterocycles. The average Bonchev–Trinajstić information content (AvgIpc) is 3.27. The van der Waals surface area contributed by atoms with E-state index < -0.39 is 0 Å². The first-order valence-electron chi connectivity index (χ1n) is 11.8. The van der Waals surface area contributed by atoms with E-state index in [4.69, 9.17) is 19.9 Å². The number of rotatable bonds is 6. The van der Waals surface area contributed by atoms with Gasteiger partial charge in [0.1, 0.15) is 11.8 Å². The first-order valence-corrected chi connectivity index (χ1v) is 11.8. The number of hydrogen-bond acceptors (Lipinski definition) is 8. The topological polar surface area (TPSA) is 126 Å². The lowest BCUT2D eigenvalue weighted by molar-refractivity contribution is -0.0798. The number of ether oxygens (including phenoxy) is 3. The summed E-state index contributed by atoms with van der Waals surface area (Å²) in [4.78, 5) is 21.6. The Hall–Kier alpha value is -3.24. The average molecular weight is 467 g/mol. The molecule has 2 aliphatic rings.